The van der Waals surface area contributed by atoms with Gasteiger partial charge in [-0.1, -0.05) is 0 Å². The van der Waals surface area contributed by atoms with Crippen LogP contribution in [0.1, 0.15) is 23.4 Å². The Labute approximate surface area is 152 Å². The van der Waals surface area contributed by atoms with Gasteiger partial charge in [0.25, 0.3) is 0 Å². The summed E-state index contributed by atoms with van der Waals surface area (Å²) in [6.07, 6.45) is 3.42. The molecule has 0 fully saturated rings. The molecular weight excluding hydrogens is 411 g/mol. The van der Waals surface area contributed by atoms with E-state index in [0.29, 0.717) is 6.54 Å². The average Bonchev–Trinajstić information content (AvgIpc) is 3.11. The maximum absolute atomic E-state index is 5.30. The lowest BCUT2D eigenvalue weighted by Crippen LogP contribution is -2.38. The largest absolute Gasteiger partial charge is 0.469 e. The lowest BCUT2D eigenvalue weighted by atomic mass is 10.3. The van der Waals surface area contributed by atoms with Crippen molar-refractivity contribution >= 4 is 41.3 Å². The molecule has 122 valence electrons. The van der Waals surface area contributed by atoms with Gasteiger partial charge < -0.3 is 15.1 Å². The summed E-state index contributed by atoms with van der Waals surface area (Å²) < 4.78 is 5.30. The Hall–Kier alpha value is -1.09. The third-order valence-electron chi connectivity index (χ3n) is 2.89. The average molecular weight is 434 g/mol. The zero-order valence-corrected chi connectivity index (χ0v) is 16.1. The Morgan fingerprint density at radius 2 is 2.23 bits per heavy atom. The zero-order chi connectivity index (χ0) is 14.9. The van der Waals surface area contributed by atoms with Crippen molar-refractivity contribution in [2.24, 2.45) is 4.99 Å². The summed E-state index contributed by atoms with van der Waals surface area (Å²) >= 11 is 1.69. The maximum atomic E-state index is 5.30. The van der Waals surface area contributed by atoms with Gasteiger partial charge in [0.1, 0.15) is 5.76 Å². The van der Waals surface area contributed by atoms with E-state index in [4.69, 9.17) is 4.42 Å². The molecule has 0 aliphatic rings. The summed E-state index contributed by atoms with van der Waals surface area (Å²) in [4.78, 5) is 9.00. The van der Waals surface area contributed by atoms with E-state index in [0.717, 1.165) is 48.4 Å². The number of furan rings is 1. The molecule has 22 heavy (non-hydrogen) atoms. The van der Waals surface area contributed by atoms with Gasteiger partial charge >= 0.3 is 0 Å². The van der Waals surface area contributed by atoms with E-state index in [1.807, 2.05) is 19.1 Å². The van der Waals surface area contributed by atoms with Crippen molar-refractivity contribution in [2.75, 3.05) is 19.6 Å². The fourth-order valence-electron chi connectivity index (χ4n) is 1.91. The first kappa shape index (κ1) is 19.0. The molecule has 2 aromatic heterocycles. The highest BCUT2D eigenvalue weighted by Gasteiger charge is 2.01. The quantitative estimate of drug-likeness (QED) is 0.400. The number of nitrogens with one attached hydrogen (secondary N) is 2. The van der Waals surface area contributed by atoms with Crippen molar-refractivity contribution in [3.63, 3.8) is 0 Å². The van der Waals surface area contributed by atoms with Gasteiger partial charge in [-0.25, -0.2) is 4.98 Å². The number of aliphatic imine (C=N–C) groups is 1. The Morgan fingerprint density at radius 1 is 1.36 bits per heavy atom. The van der Waals surface area contributed by atoms with Crippen molar-refractivity contribution in [1.82, 2.24) is 15.6 Å². The Balaban J connectivity index is 0.00000242. The van der Waals surface area contributed by atoms with E-state index in [1.54, 1.807) is 17.6 Å². The van der Waals surface area contributed by atoms with Crippen LogP contribution < -0.4 is 10.6 Å². The molecule has 0 atom stereocenters. The summed E-state index contributed by atoms with van der Waals surface area (Å²) in [6.45, 7) is 6.48. The molecule has 0 aliphatic heterocycles. The minimum atomic E-state index is 0. The van der Waals surface area contributed by atoms with Gasteiger partial charge in [0, 0.05) is 37.9 Å². The summed E-state index contributed by atoms with van der Waals surface area (Å²) in [7, 11) is 0. The van der Waals surface area contributed by atoms with Crippen LogP contribution >= 0.6 is 35.3 Å². The molecule has 0 aliphatic carbocycles. The number of guanidine groups is 1. The monoisotopic (exact) mass is 434 g/mol. The van der Waals surface area contributed by atoms with Crippen molar-refractivity contribution < 1.29 is 4.42 Å². The molecule has 2 aromatic rings. The maximum Gasteiger partial charge on any atom is 0.191 e. The highest BCUT2D eigenvalue weighted by molar-refractivity contribution is 14.0. The molecule has 0 aromatic carbocycles. The van der Waals surface area contributed by atoms with Crippen LogP contribution in [-0.4, -0.2) is 30.6 Å². The number of aromatic nitrogens is 1. The van der Waals surface area contributed by atoms with Crippen LogP contribution in [0, 0.1) is 6.92 Å². The SMILES string of the molecule is CCNC(=NCCc1ccco1)NCCc1csc(C)n1.I. The molecule has 0 saturated heterocycles. The summed E-state index contributed by atoms with van der Waals surface area (Å²) in [5.74, 6) is 1.81. The van der Waals surface area contributed by atoms with Crippen LogP contribution in [0.15, 0.2) is 33.2 Å². The molecule has 0 saturated carbocycles. The number of halogens is 1. The number of aryl methyl sites for hydroxylation is 1. The molecule has 0 unspecified atom stereocenters. The van der Waals surface area contributed by atoms with Crippen LogP contribution in [0.25, 0.3) is 0 Å². The second kappa shape index (κ2) is 10.6. The molecule has 5 nitrogen and oxygen atoms in total. The third kappa shape index (κ3) is 6.78. The fraction of sp³-hybridized carbons (Fsp3) is 0.467. The highest BCUT2D eigenvalue weighted by Crippen LogP contribution is 2.07. The number of thiazole rings is 1. The standard InChI is InChI=1S/C15H22N4OS.HI/c1-3-16-15(18-9-7-14-5-4-10-20-14)17-8-6-13-11-21-12(2)19-13;/h4-5,10-11H,3,6-9H2,1-2H3,(H2,16,17,18);1H. The van der Waals surface area contributed by atoms with Crippen LogP contribution in [-0.2, 0) is 12.8 Å². The lowest BCUT2D eigenvalue weighted by Gasteiger charge is -2.10. The molecule has 2 rings (SSSR count). The number of hydrogen-bond acceptors (Lipinski definition) is 4. The predicted molar refractivity (Wildman–Crippen MR) is 102 cm³/mol. The normalized spacial score (nSPS) is 11.1. The van der Waals surface area contributed by atoms with Gasteiger partial charge in [0.05, 0.1) is 17.0 Å². The predicted octanol–water partition coefficient (Wildman–Crippen LogP) is 3.00. The van der Waals surface area contributed by atoms with E-state index in [-0.39, 0.29) is 24.0 Å². The van der Waals surface area contributed by atoms with Crippen molar-refractivity contribution in [2.45, 2.75) is 26.7 Å². The van der Waals surface area contributed by atoms with E-state index in [2.05, 4.69) is 32.9 Å². The highest BCUT2D eigenvalue weighted by atomic mass is 127. The molecule has 2 heterocycles. The number of nitrogens with zero attached hydrogens (tertiary/aromatic N) is 2. The molecule has 0 spiro atoms. The lowest BCUT2D eigenvalue weighted by molar-refractivity contribution is 0.510. The molecular formula is C15H23IN4OS. The van der Waals surface area contributed by atoms with Gasteiger partial charge in [-0.15, -0.1) is 35.3 Å². The molecule has 7 heteroatoms. The van der Waals surface area contributed by atoms with Gasteiger partial charge in [-0.3, -0.25) is 4.99 Å². The third-order valence-corrected chi connectivity index (χ3v) is 3.71. The summed E-state index contributed by atoms with van der Waals surface area (Å²) in [5.41, 5.74) is 1.14. The van der Waals surface area contributed by atoms with Crippen LogP contribution in [0.5, 0.6) is 0 Å². The Morgan fingerprint density at radius 3 is 2.86 bits per heavy atom. The molecule has 0 bridgehead atoms. The summed E-state index contributed by atoms with van der Waals surface area (Å²) in [5, 5.41) is 9.80. The smallest absolute Gasteiger partial charge is 0.191 e. The number of hydrogen-bond donors (Lipinski definition) is 2. The molecule has 0 amide bonds. The van der Waals surface area contributed by atoms with E-state index < -0.39 is 0 Å². The Bertz CT molecular complexity index is 554. The topological polar surface area (TPSA) is 62.5 Å². The zero-order valence-electron chi connectivity index (χ0n) is 13.0. The first-order valence-electron chi connectivity index (χ1n) is 7.23. The first-order valence-corrected chi connectivity index (χ1v) is 8.11. The van der Waals surface area contributed by atoms with Gasteiger partial charge in [0.2, 0.25) is 0 Å². The minimum Gasteiger partial charge on any atom is -0.469 e. The van der Waals surface area contributed by atoms with Gasteiger partial charge in [-0.05, 0) is 26.0 Å². The minimum absolute atomic E-state index is 0. The van der Waals surface area contributed by atoms with Gasteiger partial charge in [0.15, 0.2) is 5.96 Å². The van der Waals surface area contributed by atoms with E-state index in [9.17, 15) is 0 Å². The van der Waals surface area contributed by atoms with Crippen molar-refractivity contribution in [3.8, 4) is 0 Å². The van der Waals surface area contributed by atoms with E-state index in [1.165, 1.54) is 0 Å². The van der Waals surface area contributed by atoms with Crippen molar-refractivity contribution in [3.05, 3.63) is 40.2 Å². The summed E-state index contributed by atoms with van der Waals surface area (Å²) in [6, 6.07) is 3.87. The van der Waals surface area contributed by atoms with Gasteiger partial charge in [-0.2, -0.15) is 0 Å². The second-order valence-corrected chi connectivity index (χ2v) is 5.69. The van der Waals surface area contributed by atoms with Crippen molar-refractivity contribution in [1.29, 1.82) is 0 Å². The Kier molecular flexibility index (Phi) is 9.14. The number of rotatable bonds is 7. The first-order chi connectivity index (χ1) is 10.3. The van der Waals surface area contributed by atoms with Crippen LogP contribution in [0.2, 0.25) is 0 Å². The fourth-order valence-corrected chi connectivity index (χ4v) is 2.55. The molecule has 2 N–H and O–H groups in total. The van der Waals surface area contributed by atoms with Crippen LogP contribution in [0.4, 0.5) is 0 Å². The molecule has 0 radical (unpaired) electrons. The van der Waals surface area contributed by atoms with Crippen LogP contribution in [0.3, 0.4) is 0 Å². The second-order valence-electron chi connectivity index (χ2n) is 4.62. The van der Waals surface area contributed by atoms with E-state index >= 15 is 0 Å².